The standard InChI is InChI=1S/C22H23F3N10O2/c23-22(24,25)16-5-6-27-21(28-16)37-12-13-3-4-14-11-34(8-7-33(14)10-13)19-30-18(26)35-20(31-19)29-17(32-35)15-2-1-9-36-15/h1-2,5-6,9,13-14H,3-4,7-8,10-12H2,(H2,26,29,30,31,32). The zero-order chi connectivity index (χ0) is 25.6. The van der Waals surface area contributed by atoms with Crippen molar-refractivity contribution in [3.8, 4) is 17.6 Å². The predicted molar refractivity (Wildman–Crippen MR) is 124 cm³/mol. The molecule has 0 bridgehead atoms. The first kappa shape index (κ1) is 23.4. The maximum absolute atomic E-state index is 12.9. The maximum atomic E-state index is 12.9. The number of piperidine rings is 1. The van der Waals surface area contributed by atoms with Crippen molar-refractivity contribution < 1.29 is 22.3 Å². The summed E-state index contributed by atoms with van der Waals surface area (Å²) in [6.45, 7) is 3.22. The minimum absolute atomic E-state index is 0.167. The molecule has 6 heterocycles. The molecule has 4 aromatic rings. The first-order chi connectivity index (χ1) is 17.8. The van der Waals surface area contributed by atoms with Gasteiger partial charge in [0.15, 0.2) is 11.5 Å². The second-order valence-electron chi connectivity index (χ2n) is 9.08. The van der Waals surface area contributed by atoms with Crippen molar-refractivity contribution in [2.24, 2.45) is 5.92 Å². The normalized spacial score (nSPS) is 20.8. The third-order valence-electron chi connectivity index (χ3n) is 6.62. The highest BCUT2D eigenvalue weighted by Crippen LogP contribution is 2.29. The van der Waals surface area contributed by atoms with Crippen LogP contribution >= 0.6 is 0 Å². The number of aromatic nitrogens is 7. The zero-order valence-corrected chi connectivity index (χ0v) is 19.5. The molecule has 6 rings (SSSR count). The SMILES string of the molecule is Nc1nc(N2CCN3CC(COc4nccc(C(F)(F)F)n4)CCC3C2)nc2nc(-c3ccco3)nn12. The number of ether oxygens (including phenoxy) is 1. The number of anilines is 2. The summed E-state index contributed by atoms with van der Waals surface area (Å²) in [5.74, 6) is 2.08. The van der Waals surface area contributed by atoms with Gasteiger partial charge in [-0.25, -0.2) is 4.98 Å². The number of halogens is 3. The molecule has 0 spiro atoms. The fraction of sp³-hybridized carbons (Fsp3) is 0.455. The lowest BCUT2D eigenvalue weighted by Gasteiger charge is -2.46. The lowest BCUT2D eigenvalue weighted by molar-refractivity contribution is -0.141. The smallest absolute Gasteiger partial charge is 0.433 e. The van der Waals surface area contributed by atoms with Crippen molar-refractivity contribution in [1.29, 1.82) is 0 Å². The second kappa shape index (κ2) is 9.14. The molecule has 0 saturated carbocycles. The second-order valence-corrected chi connectivity index (χ2v) is 9.08. The minimum Gasteiger partial charge on any atom is -0.463 e. The lowest BCUT2D eigenvalue weighted by atomic mass is 9.91. The van der Waals surface area contributed by atoms with Crippen molar-refractivity contribution in [2.45, 2.75) is 25.1 Å². The molecule has 0 aromatic carbocycles. The van der Waals surface area contributed by atoms with Crippen LogP contribution in [-0.2, 0) is 6.18 Å². The number of rotatable bonds is 5. The van der Waals surface area contributed by atoms with Gasteiger partial charge in [0.05, 0.1) is 12.9 Å². The van der Waals surface area contributed by atoms with E-state index < -0.39 is 11.9 Å². The molecule has 2 atom stereocenters. The van der Waals surface area contributed by atoms with E-state index in [2.05, 4.69) is 39.8 Å². The molecule has 0 radical (unpaired) electrons. The minimum atomic E-state index is -4.53. The van der Waals surface area contributed by atoms with Crippen molar-refractivity contribution in [1.82, 2.24) is 39.4 Å². The molecular formula is C22H23F3N10O2. The summed E-state index contributed by atoms with van der Waals surface area (Å²) in [6, 6.07) is 4.37. The van der Waals surface area contributed by atoms with E-state index in [-0.39, 0.29) is 30.5 Å². The van der Waals surface area contributed by atoms with E-state index in [4.69, 9.17) is 14.9 Å². The van der Waals surface area contributed by atoms with E-state index >= 15 is 0 Å². The number of hydrogen-bond acceptors (Lipinski definition) is 11. The number of nitrogens with zero attached hydrogens (tertiary/aromatic N) is 9. The molecule has 2 aliphatic rings. The Kier molecular flexibility index (Phi) is 5.78. The van der Waals surface area contributed by atoms with Crippen molar-refractivity contribution >= 4 is 17.7 Å². The van der Waals surface area contributed by atoms with E-state index in [1.807, 2.05) is 0 Å². The topological polar surface area (TPSA) is 137 Å². The van der Waals surface area contributed by atoms with Crippen LogP contribution in [0.5, 0.6) is 6.01 Å². The Bertz CT molecular complexity index is 1390. The van der Waals surface area contributed by atoms with Gasteiger partial charge in [0.2, 0.25) is 17.7 Å². The summed E-state index contributed by atoms with van der Waals surface area (Å²) >= 11 is 0. The van der Waals surface area contributed by atoms with Crippen molar-refractivity contribution in [3.63, 3.8) is 0 Å². The fourth-order valence-electron chi connectivity index (χ4n) is 4.78. The monoisotopic (exact) mass is 516 g/mol. The van der Waals surface area contributed by atoms with E-state index in [9.17, 15) is 13.2 Å². The Labute approximate surface area is 208 Å². The zero-order valence-electron chi connectivity index (χ0n) is 19.5. The first-order valence-corrected chi connectivity index (χ1v) is 11.8. The van der Waals surface area contributed by atoms with E-state index in [0.717, 1.165) is 44.7 Å². The summed E-state index contributed by atoms with van der Waals surface area (Å²) < 4.78 is 50.9. The summed E-state index contributed by atoms with van der Waals surface area (Å²) in [4.78, 5) is 25.2. The van der Waals surface area contributed by atoms with Crippen LogP contribution in [0.4, 0.5) is 25.1 Å². The quantitative estimate of drug-likeness (QED) is 0.418. The van der Waals surface area contributed by atoms with Gasteiger partial charge >= 0.3 is 12.2 Å². The number of fused-ring (bicyclic) bond motifs is 2. The molecule has 4 aromatic heterocycles. The van der Waals surface area contributed by atoms with Crippen LogP contribution in [0.1, 0.15) is 18.5 Å². The average molecular weight is 516 g/mol. The molecule has 37 heavy (non-hydrogen) atoms. The first-order valence-electron chi connectivity index (χ1n) is 11.8. The highest BCUT2D eigenvalue weighted by Gasteiger charge is 2.35. The molecular weight excluding hydrogens is 493 g/mol. The molecule has 2 aliphatic heterocycles. The Morgan fingerprint density at radius 1 is 1.08 bits per heavy atom. The number of furan rings is 1. The third-order valence-corrected chi connectivity index (χ3v) is 6.62. The van der Waals surface area contributed by atoms with E-state index in [0.29, 0.717) is 29.9 Å². The summed E-state index contributed by atoms with van der Waals surface area (Å²) in [7, 11) is 0. The summed E-state index contributed by atoms with van der Waals surface area (Å²) in [6.07, 6.45) is -0.161. The molecule has 2 unspecified atom stereocenters. The van der Waals surface area contributed by atoms with Gasteiger partial charge < -0.3 is 19.8 Å². The van der Waals surface area contributed by atoms with E-state index in [1.165, 1.54) is 4.52 Å². The molecule has 194 valence electrons. The summed E-state index contributed by atoms with van der Waals surface area (Å²) in [5.41, 5.74) is 5.14. The van der Waals surface area contributed by atoms with Gasteiger partial charge in [0.25, 0.3) is 5.78 Å². The third kappa shape index (κ3) is 4.73. The van der Waals surface area contributed by atoms with Gasteiger partial charge in [-0.3, -0.25) is 4.90 Å². The number of nitrogen functional groups attached to an aromatic ring is 1. The number of nitrogens with two attached hydrogens (primary N) is 1. The van der Waals surface area contributed by atoms with Gasteiger partial charge in [-0.15, -0.1) is 5.10 Å². The molecule has 15 heteroatoms. The largest absolute Gasteiger partial charge is 0.463 e. The molecule has 2 N–H and O–H groups in total. The molecule has 0 amide bonds. The van der Waals surface area contributed by atoms with Crippen LogP contribution in [0.25, 0.3) is 17.4 Å². The highest BCUT2D eigenvalue weighted by molar-refractivity contribution is 5.53. The molecule has 12 nitrogen and oxygen atoms in total. The average Bonchev–Trinajstić information content (AvgIpc) is 3.57. The molecule has 0 aliphatic carbocycles. The van der Waals surface area contributed by atoms with Crippen molar-refractivity contribution in [2.75, 3.05) is 43.4 Å². The van der Waals surface area contributed by atoms with E-state index in [1.54, 1.807) is 18.4 Å². The number of hydrogen-bond donors (Lipinski definition) is 1. The lowest BCUT2D eigenvalue weighted by Crippen LogP contribution is -2.57. The number of alkyl halides is 3. The van der Waals surface area contributed by atoms with Crippen LogP contribution in [0.15, 0.2) is 35.1 Å². The van der Waals surface area contributed by atoms with Gasteiger partial charge in [0, 0.05) is 44.3 Å². The molecule has 2 saturated heterocycles. The van der Waals surface area contributed by atoms with Crippen LogP contribution in [0, 0.1) is 5.92 Å². The highest BCUT2D eigenvalue weighted by atomic mass is 19.4. The molecule has 2 fully saturated rings. The van der Waals surface area contributed by atoms with Gasteiger partial charge in [0.1, 0.15) is 0 Å². The maximum Gasteiger partial charge on any atom is 0.433 e. The van der Waals surface area contributed by atoms with Gasteiger partial charge in [-0.1, -0.05) is 0 Å². The summed E-state index contributed by atoms with van der Waals surface area (Å²) in [5, 5.41) is 4.33. The Hall–Kier alpha value is -4.01. The van der Waals surface area contributed by atoms with Crippen LogP contribution in [-0.4, -0.2) is 78.3 Å². The van der Waals surface area contributed by atoms with Gasteiger partial charge in [-0.05, 0) is 31.0 Å². The Morgan fingerprint density at radius 3 is 2.78 bits per heavy atom. The van der Waals surface area contributed by atoms with Crippen LogP contribution in [0.2, 0.25) is 0 Å². The van der Waals surface area contributed by atoms with Gasteiger partial charge in [-0.2, -0.15) is 37.6 Å². The Morgan fingerprint density at radius 2 is 1.97 bits per heavy atom. The van der Waals surface area contributed by atoms with Crippen LogP contribution < -0.4 is 15.4 Å². The predicted octanol–water partition coefficient (Wildman–Crippen LogP) is 2.15. The van der Waals surface area contributed by atoms with Crippen LogP contribution in [0.3, 0.4) is 0 Å². The Balaban J connectivity index is 1.08. The number of piperazine rings is 1. The fourth-order valence-corrected chi connectivity index (χ4v) is 4.78. The van der Waals surface area contributed by atoms with Crippen molar-refractivity contribution in [3.05, 3.63) is 36.4 Å².